The molecule has 0 radical (unpaired) electrons. The minimum absolute atomic E-state index is 0.242. The number of nitrogens with one attached hydrogen (secondary N) is 1. The van der Waals surface area contributed by atoms with Gasteiger partial charge in [-0.15, -0.1) is 0 Å². The monoisotopic (exact) mass is 464 g/mol. The summed E-state index contributed by atoms with van der Waals surface area (Å²) in [6, 6.07) is 19.5. The highest BCUT2D eigenvalue weighted by molar-refractivity contribution is 6.34. The molecule has 33 heavy (non-hydrogen) atoms. The van der Waals surface area contributed by atoms with Crippen LogP contribution in [0.2, 0.25) is 5.02 Å². The van der Waals surface area contributed by atoms with Crippen LogP contribution in [-0.4, -0.2) is 43.4 Å². The Hall–Kier alpha value is -3.84. The molecule has 168 valence electrons. The van der Waals surface area contributed by atoms with E-state index in [1.807, 2.05) is 0 Å². The predicted molar refractivity (Wildman–Crippen MR) is 123 cm³/mol. The smallest absolute Gasteiger partial charge is 0.325 e. The van der Waals surface area contributed by atoms with Gasteiger partial charge in [0, 0.05) is 5.56 Å². The van der Waals surface area contributed by atoms with Gasteiger partial charge in [-0.3, -0.25) is 14.5 Å². The minimum Gasteiger partial charge on any atom is -0.497 e. The van der Waals surface area contributed by atoms with Crippen LogP contribution in [0.15, 0.2) is 72.8 Å². The number of benzene rings is 3. The van der Waals surface area contributed by atoms with Crippen LogP contribution in [0.1, 0.15) is 21.5 Å². The van der Waals surface area contributed by atoms with Crippen LogP contribution in [-0.2, 0) is 10.3 Å². The van der Waals surface area contributed by atoms with Crippen LogP contribution in [0.4, 0.5) is 4.79 Å². The second-order valence-corrected chi connectivity index (χ2v) is 7.84. The third-order valence-corrected chi connectivity index (χ3v) is 5.96. The molecule has 1 heterocycles. The molecule has 0 spiro atoms. The zero-order chi connectivity index (χ0) is 23.6. The molecular formula is C25H21ClN2O5. The third kappa shape index (κ3) is 3.91. The summed E-state index contributed by atoms with van der Waals surface area (Å²) in [6.07, 6.45) is 0. The van der Waals surface area contributed by atoms with Gasteiger partial charge in [0.05, 0.1) is 25.8 Å². The summed E-state index contributed by atoms with van der Waals surface area (Å²) in [4.78, 5) is 40.6. The van der Waals surface area contributed by atoms with E-state index < -0.39 is 29.8 Å². The van der Waals surface area contributed by atoms with Crippen molar-refractivity contribution in [3.05, 3.63) is 94.5 Å². The summed E-state index contributed by atoms with van der Waals surface area (Å²) in [5.41, 5.74) is -0.221. The molecule has 3 amide bonds. The quantitative estimate of drug-likeness (QED) is 0.421. The number of amides is 3. The molecule has 7 nitrogen and oxygen atoms in total. The molecule has 1 aliphatic heterocycles. The Balaban J connectivity index is 1.76. The van der Waals surface area contributed by atoms with Crippen LogP contribution < -0.4 is 14.8 Å². The van der Waals surface area contributed by atoms with Gasteiger partial charge >= 0.3 is 6.03 Å². The van der Waals surface area contributed by atoms with Gasteiger partial charge in [0.2, 0.25) is 0 Å². The van der Waals surface area contributed by atoms with Gasteiger partial charge in [-0.2, -0.15) is 0 Å². The van der Waals surface area contributed by atoms with Crippen LogP contribution in [0.3, 0.4) is 0 Å². The molecule has 3 aromatic carbocycles. The Bertz CT molecular complexity index is 1160. The normalized spacial score (nSPS) is 14.7. The number of ether oxygens (including phenoxy) is 2. The number of halogens is 1. The van der Waals surface area contributed by atoms with Gasteiger partial charge in [-0.25, -0.2) is 4.79 Å². The number of hydrogen-bond donors (Lipinski definition) is 1. The number of ketones is 1. The first-order valence-electron chi connectivity index (χ1n) is 10.1. The zero-order valence-corrected chi connectivity index (χ0v) is 18.8. The van der Waals surface area contributed by atoms with Crippen molar-refractivity contribution in [1.29, 1.82) is 0 Å². The van der Waals surface area contributed by atoms with Gasteiger partial charge < -0.3 is 14.8 Å². The van der Waals surface area contributed by atoms with E-state index in [-0.39, 0.29) is 10.6 Å². The van der Waals surface area contributed by atoms with Crippen molar-refractivity contribution in [3.8, 4) is 11.5 Å². The van der Waals surface area contributed by atoms with Crippen LogP contribution in [0.25, 0.3) is 0 Å². The number of carbonyl (C=O) groups excluding carboxylic acids is 3. The van der Waals surface area contributed by atoms with E-state index in [4.69, 9.17) is 21.1 Å². The van der Waals surface area contributed by atoms with Crippen molar-refractivity contribution in [2.45, 2.75) is 5.54 Å². The molecule has 0 atom stereocenters. The van der Waals surface area contributed by atoms with E-state index >= 15 is 0 Å². The molecule has 4 rings (SSSR count). The summed E-state index contributed by atoms with van der Waals surface area (Å²) < 4.78 is 10.5. The van der Waals surface area contributed by atoms with Gasteiger partial charge in [0.15, 0.2) is 11.3 Å². The molecule has 0 saturated carbocycles. The predicted octanol–water partition coefficient (Wildman–Crippen LogP) is 4.04. The van der Waals surface area contributed by atoms with E-state index in [1.165, 1.54) is 0 Å². The summed E-state index contributed by atoms with van der Waals surface area (Å²) in [5.74, 6) is 0.199. The average molecular weight is 465 g/mol. The van der Waals surface area contributed by atoms with Crippen molar-refractivity contribution < 1.29 is 23.9 Å². The molecule has 0 bridgehead atoms. The lowest BCUT2D eigenvalue weighted by Gasteiger charge is -2.28. The Labute approximate surface area is 195 Å². The zero-order valence-electron chi connectivity index (χ0n) is 18.0. The number of methoxy groups -OCH3 is 2. The fourth-order valence-electron chi connectivity index (χ4n) is 3.88. The fraction of sp³-hybridized carbons (Fsp3) is 0.160. The van der Waals surface area contributed by atoms with Crippen molar-refractivity contribution in [1.82, 2.24) is 10.2 Å². The summed E-state index contributed by atoms with van der Waals surface area (Å²) >= 11 is 6.13. The Morgan fingerprint density at radius 1 is 0.879 bits per heavy atom. The number of imide groups is 1. The van der Waals surface area contributed by atoms with E-state index in [1.54, 1.807) is 87.0 Å². The maximum atomic E-state index is 13.8. The second kappa shape index (κ2) is 8.96. The molecular weight excluding hydrogens is 444 g/mol. The molecule has 0 unspecified atom stereocenters. The number of Topliss-reactive ketones (excluding diaryl/α,β-unsaturated/α-hetero) is 1. The molecule has 1 saturated heterocycles. The lowest BCUT2D eigenvalue weighted by molar-refractivity contribution is -0.129. The number of hydrogen-bond acceptors (Lipinski definition) is 5. The fourth-order valence-corrected chi connectivity index (χ4v) is 4.12. The first-order chi connectivity index (χ1) is 15.9. The highest BCUT2D eigenvalue weighted by Crippen LogP contribution is 2.37. The standard InChI is InChI=1S/C25H21ClN2O5/c1-32-18-11-7-16(8-12-18)25(17-9-13-19(33-2)14-10-17)23(30)28(24(31)27-25)15-22(29)20-5-3-4-6-21(20)26/h3-14H,15H2,1-2H3,(H,27,31). The Morgan fingerprint density at radius 3 is 1.88 bits per heavy atom. The average Bonchev–Trinajstić information content (AvgIpc) is 3.10. The van der Waals surface area contributed by atoms with Crippen LogP contribution >= 0.6 is 11.6 Å². The SMILES string of the molecule is COc1ccc(C2(c3ccc(OC)cc3)NC(=O)N(CC(=O)c3ccccc3Cl)C2=O)cc1. The van der Waals surface area contributed by atoms with Crippen molar-refractivity contribution in [2.75, 3.05) is 20.8 Å². The Kier molecular flexibility index (Phi) is 6.07. The first-order valence-corrected chi connectivity index (χ1v) is 10.5. The number of urea groups is 1. The topological polar surface area (TPSA) is 84.9 Å². The third-order valence-electron chi connectivity index (χ3n) is 5.63. The summed E-state index contributed by atoms with van der Waals surface area (Å²) in [6.45, 7) is -0.442. The van der Waals surface area contributed by atoms with Gasteiger partial charge in [0.1, 0.15) is 11.5 Å². The van der Waals surface area contributed by atoms with Crippen LogP contribution in [0.5, 0.6) is 11.5 Å². The minimum atomic E-state index is -1.52. The van der Waals surface area contributed by atoms with Crippen molar-refractivity contribution in [3.63, 3.8) is 0 Å². The van der Waals surface area contributed by atoms with Crippen LogP contribution in [0, 0.1) is 0 Å². The maximum absolute atomic E-state index is 13.8. The number of nitrogens with zero attached hydrogens (tertiary/aromatic N) is 1. The molecule has 3 aromatic rings. The van der Waals surface area contributed by atoms with E-state index in [0.717, 1.165) is 4.90 Å². The molecule has 8 heteroatoms. The van der Waals surface area contributed by atoms with E-state index in [9.17, 15) is 14.4 Å². The summed E-state index contributed by atoms with van der Waals surface area (Å²) in [5, 5.41) is 3.07. The van der Waals surface area contributed by atoms with E-state index in [0.29, 0.717) is 22.6 Å². The highest BCUT2D eigenvalue weighted by atomic mass is 35.5. The maximum Gasteiger partial charge on any atom is 0.325 e. The largest absolute Gasteiger partial charge is 0.497 e. The van der Waals surface area contributed by atoms with Crippen molar-refractivity contribution >= 4 is 29.3 Å². The van der Waals surface area contributed by atoms with Crippen molar-refractivity contribution in [2.24, 2.45) is 0 Å². The molecule has 1 aliphatic rings. The summed E-state index contributed by atoms with van der Waals surface area (Å²) in [7, 11) is 3.08. The number of rotatable bonds is 7. The van der Waals surface area contributed by atoms with Gasteiger partial charge in [-0.05, 0) is 47.5 Å². The van der Waals surface area contributed by atoms with Gasteiger partial charge in [0.25, 0.3) is 5.91 Å². The Morgan fingerprint density at radius 2 is 1.39 bits per heavy atom. The highest BCUT2D eigenvalue weighted by Gasteiger charge is 2.54. The molecule has 1 fully saturated rings. The molecule has 0 aromatic heterocycles. The lowest BCUT2D eigenvalue weighted by Crippen LogP contribution is -2.45. The second-order valence-electron chi connectivity index (χ2n) is 7.43. The van der Waals surface area contributed by atoms with E-state index in [2.05, 4.69) is 5.32 Å². The lowest BCUT2D eigenvalue weighted by atomic mass is 9.82. The number of carbonyl (C=O) groups is 3. The molecule has 1 N–H and O–H groups in total. The first kappa shape index (κ1) is 22.4. The molecule has 0 aliphatic carbocycles. The van der Waals surface area contributed by atoms with Gasteiger partial charge in [-0.1, -0.05) is 48.0 Å².